The van der Waals surface area contributed by atoms with E-state index in [-0.39, 0.29) is 12.5 Å². The van der Waals surface area contributed by atoms with Gasteiger partial charge in [-0.2, -0.15) is 10.1 Å². The zero-order valence-corrected chi connectivity index (χ0v) is 17.2. The normalized spacial score (nSPS) is 15.5. The molecule has 3 N–H and O–H groups in total. The fourth-order valence-corrected chi connectivity index (χ4v) is 3.78. The number of fused-ring (bicyclic) bond motifs is 1. The number of carbonyl (C=O) groups excluding carboxylic acids is 1. The lowest BCUT2D eigenvalue weighted by molar-refractivity contribution is -0.113. The van der Waals surface area contributed by atoms with E-state index in [0.29, 0.717) is 46.6 Å². The van der Waals surface area contributed by atoms with E-state index in [1.807, 2.05) is 55.5 Å². The van der Waals surface area contributed by atoms with Gasteiger partial charge in [-0.05, 0) is 31.5 Å². The summed E-state index contributed by atoms with van der Waals surface area (Å²) >= 11 is 6.52. The van der Waals surface area contributed by atoms with Crippen LogP contribution >= 0.6 is 11.6 Å². The number of hydrogen-bond donors (Lipinski definition) is 3. The summed E-state index contributed by atoms with van der Waals surface area (Å²) in [4.78, 5) is 17.9. The highest BCUT2D eigenvalue weighted by Gasteiger charge is 2.35. The number of nitrogens with one attached hydrogen (secondary N) is 2. The van der Waals surface area contributed by atoms with Gasteiger partial charge in [-0.3, -0.25) is 4.79 Å². The SMILES string of the molecule is CC1=C(C(=O)Nc2ccccc2)[C@@H](c2ccccc2Cl)n2nc(CCCO)nc2N1. The topological polar surface area (TPSA) is 92.1 Å². The summed E-state index contributed by atoms with van der Waals surface area (Å²) in [6.07, 6.45) is 1.10. The Balaban J connectivity index is 1.78. The first kappa shape index (κ1) is 20.1. The molecule has 0 bridgehead atoms. The zero-order valence-electron chi connectivity index (χ0n) is 16.5. The van der Waals surface area contributed by atoms with Crippen molar-refractivity contribution in [3.05, 3.63) is 82.3 Å². The molecule has 0 spiro atoms. The van der Waals surface area contributed by atoms with Crippen molar-refractivity contribution in [2.75, 3.05) is 17.2 Å². The maximum atomic E-state index is 13.3. The Hall–Kier alpha value is -3.16. The number of hydrogen-bond acceptors (Lipinski definition) is 5. The number of nitrogens with zero attached hydrogens (tertiary/aromatic N) is 3. The lowest BCUT2D eigenvalue weighted by atomic mass is 9.95. The number of para-hydroxylation sites is 1. The van der Waals surface area contributed by atoms with Gasteiger partial charge in [0, 0.05) is 35.0 Å². The lowest BCUT2D eigenvalue weighted by Gasteiger charge is -2.29. The highest BCUT2D eigenvalue weighted by atomic mass is 35.5. The van der Waals surface area contributed by atoms with Crippen molar-refractivity contribution in [2.24, 2.45) is 0 Å². The van der Waals surface area contributed by atoms with Gasteiger partial charge >= 0.3 is 0 Å². The molecule has 2 heterocycles. The number of carbonyl (C=O) groups is 1. The first-order valence-corrected chi connectivity index (χ1v) is 10.1. The van der Waals surface area contributed by atoms with Crippen LogP contribution in [0.25, 0.3) is 0 Å². The van der Waals surface area contributed by atoms with E-state index >= 15 is 0 Å². The van der Waals surface area contributed by atoms with Crippen LogP contribution in [0, 0.1) is 0 Å². The van der Waals surface area contributed by atoms with E-state index in [0.717, 1.165) is 5.56 Å². The van der Waals surface area contributed by atoms with E-state index in [1.165, 1.54) is 0 Å². The van der Waals surface area contributed by atoms with E-state index in [4.69, 9.17) is 16.7 Å². The van der Waals surface area contributed by atoms with Gasteiger partial charge in [0.15, 0.2) is 5.82 Å². The monoisotopic (exact) mass is 423 g/mol. The highest BCUT2D eigenvalue weighted by molar-refractivity contribution is 6.31. The van der Waals surface area contributed by atoms with E-state index < -0.39 is 6.04 Å². The van der Waals surface area contributed by atoms with Crippen molar-refractivity contribution < 1.29 is 9.90 Å². The summed E-state index contributed by atoms with van der Waals surface area (Å²) < 4.78 is 1.70. The lowest BCUT2D eigenvalue weighted by Crippen LogP contribution is -2.31. The van der Waals surface area contributed by atoms with Crippen LogP contribution in [0.1, 0.15) is 30.8 Å². The minimum atomic E-state index is -0.533. The summed E-state index contributed by atoms with van der Waals surface area (Å²) in [5.74, 6) is 0.900. The molecule has 3 aromatic rings. The molecule has 1 aliphatic heterocycles. The molecule has 1 amide bonds. The summed E-state index contributed by atoms with van der Waals surface area (Å²) in [6, 6.07) is 16.2. The maximum absolute atomic E-state index is 13.3. The predicted molar refractivity (Wildman–Crippen MR) is 116 cm³/mol. The minimum absolute atomic E-state index is 0.0628. The molecule has 0 saturated heterocycles. The fourth-order valence-electron chi connectivity index (χ4n) is 3.54. The second-order valence-corrected chi connectivity index (χ2v) is 7.44. The van der Waals surface area contributed by atoms with Crippen molar-refractivity contribution in [1.82, 2.24) is 14.8 Å². The van der Waals surface area contributed by atoms with Gasteiger partial charge in [-0.1, -0.05) is 48.0 Å². The molecule has 0 unspecified atom stereocenters. The van der Waals surface area contributed by atoms with E-state index in [1.54, 1.807) is 10.7 Å². The Morgan fingerprint density at radius 2 is 1.93 bits per heavy atom. The summed E-state index contributed by atoms with van der Waals surface area (Å²) in [5, 5.41) is 20.5. The number of rotatable bonds is 6. The molecular formula is C22H22ClN5O2. The van der Waals surface area contributed by atoms with Gasteiger partial charge in [0.05, 0.1) is 5.57 Å². The van der Waals surface area contributed by atoms with Crippen LogP contribution in [-0.4, -0.2) is 32.4 Å². The van der Waals surface area contributed by atoms with Crippen LogP contribution in [0.3, 0.4) is 0 Å². The first-order chi connectivity index (χ1) is 14.6. The first-order valence-electron chi connectivity index (χ1n) is 9.73. The molecule has 1 aromatic heterocycles. The molecule has 4 rings (SSSR count). The van der Waals surface area contributed by atoms with Crippen molar-refractivity contribution in [1.29, 1.82) is 0 Å². The van der Waals surface area contributed by atoms with Gasteiger partial charge in [0.2, 0.25) is 5.95 Å². The molecule has 8 heteroatoms. The van der Waals surface area contributed by atoms with Crippen molar-refractivity contribution >= 4 is 29.1 Å². The third-order valence-corrected chi connectivity index (χ3v) is 5.28. The van der Waals surface area contributed by atoms with Crippen LogP contribution in [0.15, 0.2) is 65.9 Å². The van der Waals surface area contributed by atoms with Crippen LogP contribution in [0.2, 0.25) is 5.02 Å². The molecular weight excluding hydrogens is 402 g/mol. The maximum Gasteiger partial charge on any atom is 0.255 e. The Kier molecular flexibility index (Phi) is 5.83. The third-order valence-electron chi connectivity index (χ3n) is 4.93. The number of aliphatic hydroxyl groups is 1. The summed E-state index contributed by atoms with van der Waals surface area (Å²) in [7, 11) is 0. The van der Waals surface area contributed by atoms with Gasteiger partial charge in [0.25, 0.3) is 5.91 Å². The van der Waals surface area contributed by atoms with Gasteiger partial charge in [0.1, 0.15) is 6.04 Å². The van der Waals surface area contributed by atoms with Crippen molar-refractivity contribution in [3.63, 3.8) is 0 Å². The highest BCUT2D eigenvalue weighted by Crippen LogP contribution is 2.38. The number of aromatic nitrogens is 3. The van der Waals surface area contributed by atoms with Crippen molar-refractivity contribution in [2.45, 2.75) is 25.8 Å². The zero-order chi connectivity index (χ0) is 21.1. The molecule has 0 fully saturated rings. The summed E-state index contributed by atoms with van der Waals surface area (Å²) in [6.45, 7) is 1.91. The van der Waals surface area contributed by atoms with Crippen LogP contribution in [0.4, 0.5) is 11.6 Å². The van der Waals surface area contributed by atoms with Crippen LogP contribution in [-0.2, 0) is 11.2 Å². The molecule has 2 aromatic carbocycles. The number of benzene rings is 2. The van der Waals surface area contributed by atoms with Crippen LogP contribution < -0.4 is 10.6 Å². The molecule has 0 aliphatic carbocycles. The smallest absolute Gasteiger partial charge is 0.255 e. The van der Waals surface area contributed by atoms with E-state index in [9.17, 15) is 4.79 Å². The number of aliphatic hydroxyl groups excluding tert-OH is 1. The quantitative estimate of drug-likeness (QED) is 0.561. The molecule has 30 heavy (non-hydrogen) atoms. The Morgan fingerprint density at radius 1 is 1.20 bits per heavy atom. The van der Waals surface area contributed by atoms with Crippen molar-refractivity contribution in [3.8, 4) is 0 Å². The second kappa shape index (κ2) is 8.69. The largest absolute Gasteiger partial charge is 0.396 e. The third kappa shape index (κ3) is 3.94. The molecule has 7 nitrogen and oxygen atoms in total. The van der Waals surface area contributed by atoms with E-state index in [2.05, 4.69) is 20.7 Å². The number of aryl methyl sites for hydroxylation is 1. The standard InChI is InChI=1S/C22H22ClN5O2/c1-14-19(21(30)25-15-8-3-2-4-9-15)20(16-10-5-6-11-17(16)23)28-22(24-14)26-18(27-28)12-7-13-29/h2-6,8-11,20,29H,7,12-13H2,1H3,(H,25,30)(H,24,26,27)/t20-/m1/s1. The second-order valence-electron chi connectivity index (χ2n) is 7.03. The fraction of sp³-hybridized carbons (Fsp3) is 0.227. The van der Waals surface area contributed by atoms with Gasteiger partial charge in [-0.25, -0.2) is 4.68 Å². The number of anilines is 2. The number of amides is 1. The summed E-state index contributed by atoms with van der Waals surface area (Å²) in [5.41, 5.74) is 2.66. The Bertz CT molecular complexity index is 1090. The molecule has 0 saturated carbocycles. The van der Waals surface area contributed by atoms with Crippen LogP contribution in [0.5, 0.6) is 0 Å². The molecule has 1 aliphatic rings. The van der Waals surface area contributed by atoms with Gasteiger partial charge < -0.3 is 15.7 Å². The Morgan fingerprint density at radius 3 is 2.67 bits per heavy atom. The average Bonchev–Trinajstić information content (AvgIpc) is 3.14. The molecule has 1 atom stereocenters. The minimum Gasteiger partial charge on any atom is -0.396 e. The molecule has 0 radical (unpaired) electrons. The number of halogens is 1. The Labute approximate surface area is 179 Å². The number of allylic oxidation sites excluding steroid dienone is 1. The predicted octanol–water partition coefficient (Wildman–Crippen LogP) is 3.78. The van der Waals surface area contributed by atoms with Gasteiger partial charge in [-0.15, -0.1) is 0 Å². The molecule has 154 valence electrons. The average molecular weight is 424 g/mol.